The summed E-state index contributed by atoms with van der Waals surface area (Å²) in [6, 6.07) is 14.5. The molecule has 0 atom stereocenters. The van der Waals surface area contributed by atoms with Crippen molar-refractivity contribution >= 4 is 17.3 Å². The fourth-order valence-electron chi connectivity index (χ4n) is 3.13. The lowest BCUT2D eigenvalue weighted by molar-refractivity contribution is -0.900. The van der Waals surface area contributed by atoms with Gasteiger partial charge in [-0.2, -0.15) is 0 Å². The third-order valence-corrected chi connectivity index (χ3v) is 4.70. The molecule has 0 saturated carbocycles. The predicted molar refractivity (Wildman–Crippen MR) is 98.6 cm³/mol. The van der Waals surface area contributed by atoms with E-state index in [1.807, 2.05) is 43.3 Å². The molecule has 3 rings (SSSR count). The Labute approximate surface area is 148 Å². The van der Waals surface area contributed by atoms with E-state index in [1.54, 1.807) is 0 Å². The molecule has 0 radical (unpaired) electrons. The summed E-state index contributed by atoms with van der Waals surface area (Å²) >= 11 is 0. The minimum absolute atomic E-state index is 0.0670. The number of halogens is 1. The van der Waals surface area contributed by atoms with Crippen molar-refractivity contribution in [2.24, 2.45) is 0 Å². The summed E-state index contributed by atoms with van der Waals surface area (Å²) in [5.41, 5.74) is 3.10. The molecular formula is C20H25FN3O+. The van der Waals surface area contributed by atoms with Crippen LogP contribution in [0.25, 0.3) is 0 Å². The molecule has 0 aromatic heterocycles. The molecule has 1 aliphatic heterocycles. The second kappa shape index (κ2) is 8.12. The van der Waals surface area contributed by atoms with Crippen molar-refractivity contribution in [2.45, 2.75) is 13.3 Å². The maximum atomic E-state index is 13.0. The van der Waals surface area contributed by atoms with E-state index in [1.165, 1.54) is 22.6 Å². The second-order valence-electron chi connectivity index (χ2n) is 6.63. The minimum Gasteiger partial charge on any atom is -0.360 e. The van der Waals surface area contributed by atoms with Crippen molar-refractivity contribution < 1.29 is 14.1 Å². The Kier molecular flexibility index (Phi) is 5.66. The highest BCUT2D eigenvalue weighted by molar-refractivity contribution is 5.90. The number of carbonyl (C=O) groups is 1. The molecule has 0 bridgehead atoms. The van der Waals surface area contributed by atoms with Gasteiger partial charge in [-0.15, -0.1) is 0 Å². The quantitative estimate of drug-likeness (QED) is 0.870. The topological polar surface area (TPSA) is 36.8 Å². The predicted octanol–water partition coefficient (Wildman–Crippen LogP) is 1.87. The molecule has 1 fully saturated rings. The molecule has 5 heteroatoms. The molecule has 4 nitrogen and oxygen atoms in total. The Hall–Kier alpha value is -2.40. The highest BCUT2D eigenvalue weighted by atomic mass is 19.1. The van der Waals surface area contributed by atoms with Crippen LogP contribution in [0.1, 0.15) is 12.0 Å². The second-order valence-corrected chi connectivity index (χ2v) is 6.63. The van der Waals surface area contributed by atoms with Crippen LogP contribution in [0.3, 0.4) is 0 Å². The molecule has 0 unspecified atom stereocenters. The lowest BCUT2D eigenvalue weighted by Crippen LogP contribution is -3.15. The number of quaternary nitrogens is 1. The van der Waals surface area contributed by atoms with Gasteiger partial charge in [0.05, 0.1) is 39.1 Å². The van der Waals surface area contributed by atoms with Crippen molar-refractivity contribution in [1.29, 1.82) is 0 Å². The highest BCUT2D eigenvalue weighted by Gasteiger charge is 2.20. The van der Waals surface area contributed by atoms with Crippen molar-refractivity contribution in [1.82, 2.24) is 0 Å². The lowest BCUT2D eigenvalue weighted by Gasteiger charge is -2.33. The van der Waals surface area contributed by atoms with Crippen molar-refractivity contribution in [2.75, 3.05) is 42.9 Å². The molecule has 1 heterocycles. The molecule has 132 valence electrons. The molecule has 2 aromatic rings. The summed E-state index contributed by atoms with van der Waals surface area (Å²) in [7, 11) is 0. The fraction of sp³-hybridized carbons (Fsp3) is 0.350. The summed E-state index contributed by atoms with van der Waals surface area (Å²) in [4.78, 5) is 15.8. The molecular weight excluding hydrogens is 317 g/mol. The van der Waals surface area contributed by atoms with Crippen LogP contribution in [-0.2, 0) is 4.79 Å². The molecule has 1 aliphatic rings. The Morgan fingerprint density at radius 2 is 1.72 bits per heavy atom. The Bertz CT molecular complexity index is 692. The average Bonchev–Trinajstić information content (AvgIpc) is 2.63. The number of carbonyl (C=O) groups excluding carboxylic acids is 1. The van der Waals surface area contributed by atoms with Gasteiger partial charge in [0.15, 0.2) is 0 Å². The standard InChI is InChI=1S/C20H24FN3O/c1-16-2-6-18(7-3-16)22-20(25)10-11-23-12-14-24(15-13-23)19-8-4-17(21)5-9-19/h2-9H,10-15H2,1H3,(H,22,25)/p+1. The first-order chi connectivity index (χ1) is 12.1. The third kappa shape index (κ3) is 5.03. The van der Waals surface area contributed by atoms with Gasteiger partial charge < -0.3 is 15.1 Å². The molecule has 25 heavy (non-hydrogen) atoms. The van der Waals surface area contributed by atoms with Gasteiger partial charge >= 0.3 is 0 Å². The van der Waals surface area contributed by atoms with Crippen molar-refractivity contribution in [3.63, 3.8) is 0 Å². The summed E-state index contributed by atoms with van der Waals surface area (Å²) in [6.07, 6.45) is 0.528. The third-order valence-electron chi connectivity index (χ3n) is 4.70. The van der Waals surface area contributed by atoms with E-state index in [0.717, 1.165) is 44.1 Å². The van der Waals surface area contributed by atoms with Gasteiger partial charge in [0.25, 0.3) is 0 Å². The van der Waals surface area contributed by atoms with Crippen LogP contribution in [0, 0.1) is 12.7 Å². The van der Waals surface area contributed by atoms with Gasteiger partial charge in [-0.25, -0.2) is 4.39 Å². The summed E-state index contributed by atoms with van der Waals surface area (Å²) in [5, 5.41) is 2.95. The van der Waals surface area contributed by atoms with Gasteiger partial charge in [0.2, 0.25) is 5.91 Å². The van der Waals surface area contributed by atoms with Crippen LogP contribution in [-0.4, -0.2) is 38.6 Å². The minimum atomic E-state index is -0.201. The zero-order valence-electron chi connectivity index (χ0n) is 14.6. The highest BCUT2D eigenvalue weighted by Crippen LogP contribution is 2.14. The number of nitrogens with zero attached hydrogens (tertiary/aromatic N) is 1. The number of hydrogen-bond donors (Lipinski definition) is 2. The van der Waals surface area contributed by atoms with E-state index in [-0.39, 0.29) is 11.7 Å². The average molecular weight is 342 g/mol. The number of anilines is 2. The number of benzene rings is 2. The number of amides is 1. The fourth-order valence-corrected chi connectivity index (χ4v) is 3.13. The summed E-state index contributed by atoms with van der Waals surface area (Å²) < 4.78 is 13.0. The Morgan fingerprint density at radius 3 is 2.36 bits per heavy atom. The monoisotopic (exact) mass is 342 g/mol. The lowest BCUT2D eigenvalue weighted by atomic mass is 10.2. The van der Waals surface area contributed by atoms with Gasteiger partial charge in [-0.3, -0.25) is 4.79 Å². The van der Waals surface area contributed by atoms with E-state index in [4.69, 9.17) is 0 Å². The van der Waals surface area contributed by atoms with Crippen molar-refractivity contribution in [3.05, 3.63) is 59.9 Å². The molecule has 1 amide bonds. The summed E-state index contributed by atoms with van der Waals surface area (Å²) in [5.74, 6) is -0.134. The smallest absolute Gasteiger partial charge is 0.230 e. The Morgan fingerprint density at radius 1 is 1.08 bits per heavy atom. The van der Waals surface area contributed by atoms with E-state index in [9.17, 15) is 9.18 Å². The van der Waals surface area contributed by atoms with Crippen LogP contribution in [0.2, 0.25) is 0 Å². The van der Waals surface area contributed by atoms with Crippen LogP contribution < -0.4 is 15.1 Å². The van der Waals surface area contributed by atoms with Crippen LogP contribution in [0.5, 0.6) is 0 Å². The maximum Gasteiger partial charge on any atom is 0.230 e. The first-order valence-corrected chi connectivity index (χ1v) is 8.81. The number of rotatable bonds is 5. The first kappa shape index (κ1) is 17.4. The van der Waals surface area contributed by atoms with E-state index in [2.05, 4.69) is 10.2 Å². The van der Waals surface area contributed by atoms with Crippen molar-refractivity contribution in [3.8, 4) is 0 Å². The van der Waals surface area contributed by atoms with Crippen LogP contribution in [0.15, 0.2) is 48.5 Å². The number of aryl methyl sites for hydroxylation is 1. The van der Waals surface area contributed by atoms with Gasteiger partial charge in [0.1, 0.15) is 5.82 Å². The van der Waals surface area contributed by atoms with Crippen LogP contribution in [0.4, 0.5) is 15.8 Å². The molecule has 0 aliphatic carbocycles. The van der Waals surface area contributed by atoms with Crippen LogP contribution >= 0.6 is 0 Å². The summed E-state index contributed by atoms with van der Waals surface area (Å²) in [6.45, 7) is 6.72. The molecule has 2 N–H and O–H groups in total. The number of hydrogen-bond acceptors (Lipinski definition) is 2. The Balaban J connectivity index is 1.40. The first-order valence-electron chi connectivity index (χ1n) is 8.81. The maximum absolute atomic E-state index is 13.0. The number of piperazine rings is 1. The largest absolute Gasteiger partial charge is 0.360 e. The van der Waals surface area contributed by atoms with E-state index >= 15 is 0 Å². The SMILES string of the molecule is Cc1ccc(NC(=O)CC[NH+]2CCN(c3ccc(F)cc3)CC2)cc1. The number of nitrogens with one attached hydrogen (secondary N) is 2. The zero-order valence-corrected chi connectivity index (χ0v) is 14.6. The van der Waals surface area contributed by atoms with E-state index in [0.29, 0.717) is 6.42 Å². The molecule has 0 spiro atoms. The van der Waals surface area contributed by atoms with Gasteiger partial charge in [-0.05, 0) is 43.3 Å². The molecule has 1 saturated heterocycles. The molecule has 2 aromatic carbocycles. The zero-order chi connectivity index (χ0) is 17.6. The van der Waals surface area contributed by atoms with Gasteiger partial charge in [0, 0.05) is 11.4 Å². The van der Waals surface area contributed by atoms with Gasteiger partial charge in [-0.1, -0.05) is 17.7 Å². The van der Waals surface area contributed by atoms with E-state index < -0.39 is 0 Å². The normalized spacial score (nSPS) is 15.2.